The number of pyridine rings is 1. The summed E-state index contributed by atoms with van der Waals surface area (Å²) in [6.45, 7) is 7.17. The van der Waals surface area contributed by atoms with Crippen molar-refractivity contribution in [2.75, 3.05) is 32.8 Å². The van der Waals surface area contributed by atoms with Crippen LogP contribution in [-0.4, -0.2) is 70.4 Å². The number of morpholine rings is 1. The van der Waals surface area contributed by atoms with Crippen LogP contribution in [0.1, 0.15) is 25.6 Å². The number of aromatic nitrogens is 3. The normalized spacial score (nSPS) is 24.0. The highest BCUT2D eigenvalue weighted by Gasteiger charge is 2.32. The second-order valence-electron chi connectivity index (χ2n) is 6.87. The first kappa shape index (κ1) is 17.2. The van der Waals surface area contributed by atoms with Crippen LogP contribution in [0.3, 0.4) is 0 Å². The van der Waals surface area contributed by atoms with E-state index in [-0.39, 0.29) is 6.10 Å². The number of fused-ring (bicyclic) bond motifs is 2. The van der Waals surface area contributed by atoms with Crippen LogP contribution in [0.15, 0.2) is 29.4 Å². The Morgan fingerprint density at radius 3 is 3.23 bits per heavy atom. The zero-order valence-electron chi connectivity index (χ0n) is 15.3. The topological polar surface area (TPSA) is 79.1 Å². The van der Waals surface area contributed by atoms with Gasteiger partial charge in [0, 0.05) is 31.9 Å². The number of hydrogen-bond donors (Lipinski definition) is 2. The van der Waals surface area contributed by atoms with Crippen molar-refractivity contribution in [3.63, 3.8) is 0 Å². The molecule has 2 unspecified atom stereocenters. The van der Waals surface area contributed by atoms with Gasteiger partial charge in [0.1, 0.15) is 6.54 Å². The summed E-state index contributed by atoms with van der Waals surface area (Å²) in [4.78, 5) is 7.22. The van der Waals surface area contributed by atoms with Crippen LogP contribution in [0.25, 0.3) is 5.65 Å². The van der Waals surface area contributed by atoms with E-state index in [4.69, 9.17) is 4.74 Å². The molecule has 140 valence electrons. The molecule has 2 aliphatic rings. The molecule has 2 saturated heterocycles. The molecule has 2 aromatic rings. The van der Waals surface area contributed by atoms with Crippen molar-refractivity contribution in [3.8, 4) is 0 Å². The maximum absolute atomic E-state index is 6.02. The number of guanidine groups is 1. The van der Waals surface area contributed by atoms with Crippen molar-refractivity contribution >= 4 is 11.6 Å². The molecule has 0 amide bonds. The summed E-state index contributed by atoms with van der Waals surface area (Å²) in [5.74, 6) is 1.61. The molecule has 4 rings (SSSR count). The summed E-state index contributed by atoms with van der Waals surface area (Å²) >= 11 is 0. The van der Waals surface area contributed by atoms with E-state index < -0.39 is 0 Å². The first-order valence-electron chi connectivity index (χ1n) is 9.50. The van der Waals surface area contributed by atoms with Crippen LogP contribution in [0.5, 0.6) is 0 Å². The number of ether oxygens (including phenoxy) is 1. The molecule has 4 heterocycles. The van der Waals surface area contributed by atoms with Gasteiger partial charge in [-0.1, -0.05) is 6.07 Å². The fraction of sp³-hybridized carbons (Fsp3) is 0.611. The summed E-state index contributed by atoms with van der Waals surface area (Å²) in [5, 5.41) is 15.1. The van der Waals surface area contributed by atoms with Gasteiger partial charge in [-0.25, -0.2) is 4.99 Å². The molecule has 0 saturated carbocycles. The highest BCUT2D eigenvalue weighted by molar-refractivity contribution is 5.79. The third-order valence-corrected chi connectivity index (χ3v) is 5.07. The number of nitrogens with one attached hydrogen (secondary N) is 2. The highest BCUT2D eigenvalue weighted by Crippen LogP contribution is 2.22. The maximum atomic E-state index is 6.02. The zero-order valence-corrected chi connectivity index (χ0v) is 15.3. The van der Waals surface area contributed by atoms with E-state index in [0.717, 1.165) is 43.7 Å². The fourth-order valence-corrected chi connectivity index (χ4v) is 3.71. The summed E-state index contributed by atoms with van der Waals surface area (Å²) in [6.07, 6.45) is 4.74. The lowest BCUT2D eigenvalue weighted by Crippen LogP contribution is -2.51. The second-order valence-corrected chi connectivity index (χ2v) is 6.87. The third-order valence-electron chi connectivity index (χ3n) is 5.07. The summed E-state index contributed by atoms with van der Waals surface area (Å²) in [7, 11) is 0. The van der Waals surface area contributed by atoms with Crippen LogP contribution in [0.4, 0.5) is 0 Å². The van der Waals surface area contributed by atoms with Crippen molar-refractivity contribution in [1.29, 1.82) is 0 Å². The number of aliphatic imine (C=N–C) groups is 1. The smallest absolute Gasteiger partial charge is 0.191 e. The highest BCUT2D eigenvalue weighted by atomic mass is 16.5. The molecule has 0 aliphatic carbocycles. The Hall–Kier alpha value is -2.19. The first-order valence-corrected chi connectivity index (χ1v) is 9.50. The number of rotatable bonds is 5. The molecule has 0 radical (unpaired) electrons. The molecule has 2 aliphatic heterocycles. The van der Waals surface area contributed by atoms with Crippen molar-refractivity contribution in [3.05, 3.63) is 30.2 Å². The molecule has 0 bridgehead atoms. The minimum atomic E-state index is 0.210. The van der Waals surface area contributed by atoms with Crippen molar-refractivity contribution in [2.24, 2.45) is 4.99 Å². The number of nitrogens with zero attached hydrogens (tertiary/aromatic N) is 5. The Kier molecular flexibility index (Phi) is 5.31. The van der Waals surface area contributed by atoms with Gasteiger partial charge in [-0.05, 0) is 38.4 Å². The first-order chi connectivity index (χ1) is 12.8. The SMILES string of the molecule is CCNC(=NCc1nnc2ccccn12)NCC1CN2CCCC2CO1. The molecule has 26 heavy (non-hydrogen) atoms. The lowest BCUT2D eigenvalue weighted by Gasteiger charge is -2.35. The Morgan fingerprint density at radius 2 is 2.31 bits per heavy atom. The van der Waals surface area contributed by atoms with Crippen molar-refractivity contribution in [1.82, 2.24) is 30.1 Å². The van der Waals surface area contributed by atoms with Crippen LogP contribution in [0, 0.1) is 0 Å². The second kappa shape index (κ2) is 8.01. The Labute approximate surface area is 153 Å². The fourth-order valence-electron chi connectivity index (χ4n) is 3.71. The summed E-state index contributed by atoms with van der Waals surface area (Å²) < 4.78 is 7.98. The molecular weight excluding hydrogens is 330 g/mol. The van der Waals surface area contributed by atoms with Crippen molar-refractivity contribution in [2.45, 2.75) is 38.5 Å². The lowest BCUT2D eigenvalue weighted by molar-refractivity contribution is -0.0453. The number of hydrogen-bond acceptors (Lipinski definition) is 5. The standard InChI is InChI=1S/C18H27N7O/c1-2-19-18(20-10-15-12-24-8-5-6-14(24)13-26-15)21-11-17-23-22-16-7-3-4-9-25(16)17/h3-4,7,9,14-15H,2,5-6,8,10-13H2,1H3,(H2,19,20,21). The van der Waals surface area contributed by atoms with Gasteiger partial charge < -0.3 is 15.4 Å². The third kappa shape index (κ3) is 3.81. The average Bonchev–Trinajstić information content (AvgIpc) is 3.30. The quantitative estimate of drug-likeness (QED) is 0.604. The maximum Gasteiger partial charge on any atom is 0.191 e. The molecule has 0 spiro atoms. The minimum Gasteiger partial charge on any atom is -0.373 e. The van der Waals surface area contributed by atoms with Crippen LogP contribution >= 0.6 is 0 Å². The lowest BCUT2D eigenvalue weighted by atomic mass is 10.2. The van der Waals surface area contributed by atoms with Gasteiger partial charge >= 0.3 is 0 Å². The van der Waals surface area contributed by atoms with Gasteiger partial charge in [0.15, 0.2) is 17.4 Å². The van der Waals surface area contributed by atoms with Gasteiger partial charge in [-0.15, -0.1) is 10.2 Å². The molecule has 8 heteroatoms. The average molecular weight is 357 g/mol. The molecule has 2 N–H and O–H groups in total. The van der Waals surface area contributed by atoms with Crippen LogP contribution in [0.2, 0.25) is 0 Å². The van der Waals surface area contributed by atoms with E-state index in [1.165, 1.54) is 19.4 Å². The van der Waals surface area contributed by atoms with E-state index in [1.54, 1.807) is 0 Å². The van der Waals surface area contributed by atoms with Gasteiger partial charge in [-0.2, -0.15) is 0 Å². The molecule has 2 fully saturated rings. The molecule has 2 aromatic heterocycles. The van der Waals surface area contributed by atoms with Crippen LogP contribution in [-0.2, 0) is 11.3 Å². The predicted octanol–water partition coefficient (Wildman–Crippen LogP) is 0.648. The van der Waals surface area contributed by atoms with E-state index in [0.29, 0.717) is 12.6 Å². The monoisotopic (exact) mass is 357 g/mol. The van der Waals surface area contributed by atoms with E-state index in [2.05, 4.69) is 37.6 Å². The minimum absolute atomic E-state index is 0.210. The largest absolute Gasteiger partial charge is 0.373 e. The molecule has 2 atom stereocenters. The molecule has 0 aromatic carbocycles. The Balaban J connectivity index is 1.35. The Morgan fingerprint density at radius 1 is 1.35 bits per heavy atom. The van der Waals surface area contributed by atoms with Crippen LogP contribution < -0.4 is 10.6 Å². The summed E-state index contributed by atoms with van der Waals surface area (Å²) in [6, 6.07) is 6.50. The van der Waals surface area contributed by atoms with Gasteiger partial charge in [-0.3, -0.25) is 9.30 Å². The van der Waals surface area contributed by atoms with E-state index >= 15 is 0 Å². The molecule has 8 nitrogen and oxygen atoms in total. The zero-order chi connectivity index (χ0) is 17.8. The van der Waals surface area contributed by atoms with Gasteiger partial charge in [0.2, 0.25) is 0 Å². The predicted molar refractivity (Wildman–Crippen MR) is 100 cm³/mol. The summed E-state index contributed by atoms with van der Waals surface area (Å²) in [5.41, 5.74) is 0.839. The van der Waals surface area contributed by atoms with Crippen molar-refractivity contribution < 1.29 is 4.74 Å². The molecular formula is C18H27N7O. The van der Waals surface area contributed by atoms with Gasteiger partial charge in [0.25, 0.3) is 0 Å². The van der Waals surface area contributed by atoms with E-state index in [1.807, 2.05) is 28.8 Å². The van der Waals surface area contributed by atoms with Gasteiger partial charge in [0.05, 0.1) is 12.7 Å². The Bertz CT molecular complexity index is 759. The van der Waals surface area contributed by atoms with E-state index in [9.17, 15) is 0 Å².